The lowest BCUT2D eigenvalue weighted by molar-refractivity contribution is 0.628. The molecule has 0 spiro atoms. The number of benzene rings is 1. The highest BCUT2D eigenvalue weighted by molar-refractivity contribution is 6.31. The summed E-state index contributed by atoms with van der Waals surface area (Å²) >= 11 is 5.95. The van der Waals surface area contributed by atoms with Gasteiger partial charge in [0.2, 0.25) is 0 Å². The third-order valence-corrected chi connectivity index (χ3v) is 4.03. The molecule has 5 heteroatoms. The van der Waals surface area contributed by atoms with Crippen molar-refractivity contribution in [2.24, 2.45) is 0 Å². The van der Waals surface area contributed by atoms with Gasteiger partial charge in [-0.05, 0) is 41.5 Å². The number of nitrogens with zero attached hydrogens (tertiary/aromatic N) is 3. The van der Waals surface area contributed by atoms with Crippen molar-refractivity contribution in [2.45, 2.75) is 0 Å². The second-order valence-electron chi connectivity index (χ2n) is 5.24. The molecule has 0 saturated carbocycles. The number of hydrogen-bond donors (Lipinski definition) is 0. The molecule has 0 unspecified atom stereocenters. The van der Waals surface area contributed by atoms with Crippen LogP contribution in [-0.2, 0) is 0 Å². The molecule has 0 N–H and O–H groups in total. The van der Waals surface area contributed by atoms with Crippen molar-refractivity contribution in [2.75, 3.05) is 0 Å². The third kappa shape index (κ3) is 2.58. The predicted molar refractivity (Wildman–Crippen MR) is 93.0 cm³/mol. The molecule has 0 amide bonds. The summed E-state index contributed by atoms with van der Waals surface area (Å²) < 4.78 is 15.2. The first-order valence-electron chi connectivity index (χ1n) is 7.32. The molecule has 0 aliphatic heterocycles. The van der Waals surface area contributed by atoms with Crippen LogP contribution in [0.4, 0.5) is 4.39 Å². The van der Waals surface area contributed by atoms with Crippen LogP contribution in [-0.4, -0.2) is 14.6 Å². The van der Waals surface area contributed by atoms with Crippen LogP contribution in [0.5, 0.6) is 0 Å². The van der Waals surface area contributed by atoms with Crippen LogP contribution < -0.4 is 0 Å². The highest BCUT2D eigenvalue weighted by Crippen LogP contribution is 2.31. The average Bonchev–Trinajstić information content (AvgIpc) is 2.92. The largest absolute Gasteiger partial charge is 0.229 e. The second kappa shape index (κ2) is 5.93. The molecule has 2 aromatic heterocycles. The molecule has 1 aromatic carbocycles. The van der Waals surface area contributed by atoms with E-state index in [4.69, 9.17) is 11.6 Å². The van der Waals surface area contributed by atoms with Gasteiger partial charge in [-0.15, -0.1) is 5.73 Å². The molecular weight excluding hydrogens is 325 g/mol. The first-order chi connectivity index (χ1) is 11.7. The number of hydrogen-bond acceptors (Lipinski definition) is 2. The molecule has 3 aromatic rings. The zero-order valence-electron chi connectivity index (χ0n) is 12.4. The summed E-state index contributed by atoms with van der Waals surface area (Å²) in [5.74, 6) is -0.440. The van der Waals surface area contributed by atoms with Gasteiger partial charge in [0, 0.05) is 17.8 Å². The molecule has 1 aliphatic rings. The molecule has 1 aliphatic carbocycles. The lowest BCUT2D eigenvalue weighted by Crippen LogP contribution is -1.96. The van der Waals surface area contributed by atoms with Crippen molar-refractivity contribution in [3.63, 3.8) is 0 Å². The Morgan fingerprint density at radius 2 is 2.04 bits per heavy atom. The van der Waals surface area contributed by atoms with E-state index in [2.05, 4.69) is 15.8 Å². The first-order valence-corrected chi connectivity index (χ1v) is 7.70. The molecule has 4 rings (SSSR count). The second-order valence-corrected chi connectivity index (χ2v) is 5.65. The minimum Gasteiger partial charge on any atom is -0.229 e. The van der Waals surface area contributed by atoms with Crippen LogP contribution in [0, 0.1) is 5.82 Å². The van der Waals surface area contributed by atoms with E-state index in [0.717, 1.165) is 28.1 Å². The molecule has 24 heavy (non-hydrogen) atoms. The molecule has 0 fully saturated rings. The van der Waals surface area contributed by atoms with Crippen molar-refractivity contribution < 1.29 is 4.39 Å². The number of rotatable bonds is 2. The maximum atomic E-state index is 13.5. The summed E-state index contributed by atoms with van der Waals surface area (Å²) in [7, 11) is 0. The molecule has 0 radical (unpaired) electrons. The Kier molecular flexibility index (Phi) is 3.62. The SMILES string of the molecule is Fc1ccc(C2=C(c3ccn4nccc4n3)C=CC=C=C2)cc1Cl. The molecular formula is C19H11ClFN3. The van der Waals surface area contributed by atoms with Crippen LogP contribution in [0.1, 0.15) is 11.3 Å². The molecule has 2 heterocycles. The summed E-state index contributed by atoms with van der Waals surface area (Å²) in [6.07, 6.45) is 11.1. The Balaban J connectivity index is 1.94. The Morgan fingerprint density at radius 1 is 1.12 bits per heavy atom. The third-order valence-electron chi connectivity index (χ3n) is 3.74. The van der Waals surface area contributed by atoms with Gasteiger partial charge in [0.1, 0.15) is 5.82 Å². The minimum absolute atomic E-state index is 0.0872. The van der Waals surface area contributed by atoms with Crippen LogP contribution in [0.2, 0.25) is 5.02 Å². The van der Waals surface area contributed by atoms with Crippen LogP contribution in [0.3, 0.4) is 0 Å². The summed E-state index contributed by atoms with van der Waals surface area (Å²) in [4.78, 5) is 4.64. The summed E-state index contributed by atoms with van der Waals surface area (Å²) in [5.41, 5.74) is 7.22. The molecule has 116 valence electrons. The predicted octanol–water partition coefficient (Wildman–Crippen LogP) is 4.71. The number of fused-ring (bicyclic) bond motifs is 1. The van der Waals surface area contributed by atoms with Gasteiger partial charge in [0.25, 0.3) is 0 Å². The van der Waals surface area contributed by atoms with E-state index in [1.165, 1.54) is 6.07 Å². The van der Waals surface area contributed by atoms with E-state index in [9.17, 15) is 4.39 Å². The maximum absolute atomic E-state index is 13.5. The Morgan fingerprint density at radius 3 is 2.92 bits per heavy atom. The van der Waals surface area contributed by atoms with Gasteiger partial charge in [0.05, 0.1) is 16.9 Å². The first kappa shape index (κ1) is 14.6. The van der Waals surface area contributed by atoms with Gasteiger partial charge in [-0.25, -0.2) is 13.9 Å². The van der Waals surface area contributed by atoms with Gasteiger partial charge in [-0.3, -0.25) is 0 Å². The van der Waals surface area contributed by atoms with E-state index < -0.39 is 5.82 Å². The highest BCUT2D eigenvalue weighted by atomic mass is 35.5. The topological polar surface area (TPSA) is 30.2 Å². The van der Waals surface area contributed by atoms with Crippen molar-refractivity contribution in [1.29, 1.82) is 0 Å². The number of allylic oxidation sites excluding steroid dienone is 5. The van der Waals surface area contributed by atoms with Gasteiger partial charge in [0.15, 0.2) is 5.65 Å². The normalized spacial score (nSPS) is 13.8. The van der Waals surface area contributed by atoms with Gasteiger partial charge in [-0.1, -0.05) is 29.8 Å². The summed E-state index contributed by atoms with van der Waals surface area (Å²) in [6.45, 7) is 0. The van der Waals surface area contributed by atoms with E-state index in [1.54, 1.807) is 22.8 Å². The summed E-state index contributed by atoms with van der Waals surface area (Å²) in [5, 5.41) is 4.24. The standard InChI is InChI=1S/C19H11ClFN3/c20-16-12-13(6-7-17(16)21)14-4-2-1-3-5-15(14)18-9-11-24-19(23-18)8-10-22-24/h1,3-12H. The lowest BCUT2D eigenvalue weighted by atomic mass is 9.97. The summed E-state index contributed by atoms with van der Waals surface area (Å²) in [6, 6.07) is 8.41. The van der Waals surface area contributed by atoms with Crippen LogP contribution in [0.25, 0.3) is 16.8 Å². The molecule has 0 bridgehead atoms. The van der Waals surface area contributed by atoms with Crippen LogP contribution >= 0.6 is 11.6 Å². The molecule has 3 nitrogen and oxygen atoms in total. The quantitative estimate of drug-likeness (QED) is 0.635. The fourth-order valence-electron chi connectivity index (χ4n) is 2.59. The van der Waals surface area contributed by atoms with Gasteiger partial charge < -0.3 is 0 Å². The van der Waals surface area contributed by atoms with E-state index in [0.29, 0.717) is 0 Å². The van der Waals surface area contributed by atoms with E-state index >= 15 is 0 Å². The van der Waals surface area contributed by atoms with Crippen LogP contribution in [0.15, 0.2) is 72.8 Å². The van der Waals surface area contributed by atoms with Crippen molar-refractivity contribution in [1.82, 2.24) is 14.6 Å². The van der Waals surface area contributed by atoms with Gasteiger partial charge in [-0.2, -0.15) is 5.10 Å². The van der Waals surface area contributed by atoms with E-state index in [-0.39, 0.29) is 5.02 Å². The maximum Gasteiger partial charge on any atom is 0.155 e. The minimum atomic E-state index is -0.440. The van der Waals surface area contributed by atoms with Crippen molar-refractivity contribution in [3.8, 4) is 0 Å². The highest BCUT2D eigenvalue weighted by Gasteiger charge is 2.12. The Hall–Kier alpha value is -2.94. The fraction of sp³-hybridized carbons (Fsp3) is 0. The fourth-order valence-corrected chi connectivity index (χ4v) is 2.77. The van der Waals surface area contributed by atoms with Crippen molar-refractivity contribution in [3.05, 3.63) is 94.9 Å². The lowest BCUT2D eigenvalue weighted by Gasteiger charge is -2.10. The number of aromatic nitrogens is 3. The molecule has 0 saturated heterocycles. The Labute approximate surface area is 142 Å². The zero-order valence-corrected chi connectivity index (χ0v) is 13.2. The number of halogens is 2. The monoisotopic (exact) mass is 335 g/mol. The average molecular weight is 336 g/mol. The smallest absolute Gasteiger partial charge is 0.155 e. The van der Waals surface area contributed by atoms with Gasteiger partial charge >= 0.3 is 0 Å². The molecule has 0 atom stereocenters. The zero-order chi connectivity index (χ0) is 16.5. The Bertz CT molecular complexity index is 1070. The van der Waals surface area contributed by atoms with E-state index in [1.807, 2.05) is 42.6 Å². The van der Waals surface area contributed by atoms with Crippen molar-refractivity contribution >= 4 is 28.4 Å².